The normalized spacial score (nSPS) is 42.7. The molecule has 332 valence electrons. The largest absolute Gasteiger partial charge is 0.463 e. The summed E-state index contributed by atoms with van der Waals surface area (Å²) in [4.78, 5) is 76.3. The number of hydrogen-bond donors (Lipinski definition) is 1. The molecule has 0 unspecified atom stereocenters. The van der Waals surface area contributed by atoms with Crippen LogP contribution in [-0.2, 0) is 61.9 Å². The van der Waals surface area contributed by atoms with Crippen LogP contribution in [0.5, 0.6) is 0 Å². The number of amides is 1. The van der Waals surface area contributed by atoms with Crippen LogP contribution in [-0.4, -0.2) is 96.1 Å². The molecular weight excluding hydrogens is 830 g/mol. The molecule has 0 radical (unpaired) electrons. The van der Waals surface area contributed by atoms with Crippen LogP contribution in [0.4, 0.5) is 0 Å². The number of fused-ring (bicyclic) bond motifs is 7. The number of nitrogens with one attached hydrogen (secondary N) is 1. The Hall–Kier alpha value is -2.78. The van der Waals surface area contributed by atoms with Gasteiger partial charge in [-0.05, 0) is 111 Å². The first-order valence-electron chi connectivity index (χ1n) is 21.8. The van der Waals surface area contributed by atoms with E-state index in [1.54, 1.807) is 0 Å². The molecule has 4 saturated carbocycles. The maximum absolute atomic E-state index is 15.2. The third-order valence-corrected chi connectivity index (χ3v) is 16.7. The second-order valence-corrected chi connectivity index (χ2v) is 19.8. The fourth-order valence-corrected chi connectivity index (χ4v) is 13.4. The van der Waals surface area contributed by atoms with E-state index in [4.69, 9.17) is 33.2 Å². The quantitative estimate of drug-likeness (QED) is 0.138. The molecule has 59 heavy (non-hydrogen) atoms. The first-order chi connectivity index (χ1) is 27.7. The van der Waals surface area contributed by atoms with Crippen LogP contribution in [0.15, 0.2) is 0 Å². The molecule has 1 amide bonds. The van der Waals surface area contributed by atoms with Crippen LogP contribution in [0.1, 0.15) is 127 Å². The van der Waals surface area contributed by atoms with Gasteiger partial charge in [-0.3, -0.25) is 28.8 Å². The molecule has 0 aromatic rings. The average molecular weight is 897 g/mol. The van der Waals surface area contributed by atoms with Crippen LogP contribution < -0.4 is 5.32 Å². The van der Waals surface area contributed by atoms with Crippen LogP contribution in [0, 0.1) is 52.3 Å². The highest BCUT2D eigenvalue weighted by molar-refractivity contribution is 9.09. The van der Waals surface area contributed by atoms with E-state index in [1.807, 2.05) is 0 Å². The van der Waals surface area contributed by atoms with Gasteiger partial charge in [0.1, 0.15) is 24.4 Å². The van der Waals surface area contributed by atoms with Gasteiger partial charge in [0, 0.05) is 45.9 Å². The molecule has 2 aliphatic heterocycles. The van der Waals surface area contributed by atoms with Crippen molar-refractivity contribution in [2.24, 2.45) is 52.3 Å². The number of halogens is 1. The molecule has 0 aromatic heterocycles. The minimum absolute atomic E-state index is 0.00789. The Morgan fingerprint density at radius 2 is 1.39 bits per heavy atom. The van der Waals surface area contributed by atoms with Gasteiger partial charge in [-0.1, -0.05) is 43.6 Å². The summed E-state index contributed by atoms with van der Waals surface area (Å²) in [5.74, 6) is -1.22. The predicted molar refractivity (Wildman–Crippen MR) is 215 cm³/mol. The van der Waals surface area contributed by atoms with Crippen molar-refractivity contribution in [3.63, 3.8) is 0 Å². The van der Waals surface area contributed by atoms with Gasteiger partial charge in [0.2, 0.25) is 0 Å². The molecule has 0 aromatic carbocycles. The first-order valence-corrected chi connectivity index (χ1v) is 22.9. The summed E-state index contributed by atoms with van der Waals surface area (Å²) in [7, 11) is 0. The van der Waals surface area contributed by atoms with Crippen LogP contribution in [0.2, 0.25) is 0 Å². The minimum Gasteiger partial charge on any atom is -0.463 e. The number of hydrogen-bond acceptors (Lipinski definition) is 13. The average Bonchev–Trinajstić information content (AvgIpc) is 3.61. The lowest BCUT2D eigenvalue weighted by Gasteiger charge is -2.61. The molecule has 1 N–H and O–H groups in total. The Morgan fingerprint density at radius 3 is 2.02 bits per heavy atom. The van der Waals surface area contributed by atoms with Crippen molar-refractivity contribution < 1.29 is 61.9 Å². The highest BCUT2D eigenvalue weighted by Gasteiger charge is 2.70. The highest BCUT2D eigenvalue weighted by Crippen LogP contribution is 2.71. The van der Waals surface area contributed by atoms with Gasteiger partial charge in [0.25, 0.3) is 5.91 Å². The number of alkyl halides is 1. The smallest absolute Gasteiger partial charge is 0.303 e. The Balaban J connectivity index is 1.28. The maximum Gasteiger partial charge on any atom is 0.303 e. The molecule has 2 heterocycles. The van der Waals surface area contributed by atoms with Crippen molar-refractivity contribution >= 4 is 51.7 Å². The number of esters is 5. The topological polar surface area (TPSA) is 179 Å². The zero-order valence-electron chi connectivity index (χ0n) is 36.3. The van der Waals surface area contributed by atoms with Gasteiger partial charge in [-0.2, -0.15) is 0 Å². The third kappa shape index (κ3) is 8.95. The lowest BCUT2D eigenvalue weighted by molar-refractivity contribution is -0.258. The molecule has 0 spiro atoms. The van der Waals surface area contributed by atoms with E-state index in [2.05, 4.69) is 48.9 Å². The summed E-state index contributed by atoms with van der Waals surface area (Å²) in [6.07, 6.45) is 2.43. The Morgan fingerprint density at radius 1 is 0.763 bits per heavy atom. The van der Waals surface area contributed by atoms with E-state index in [-0.39, 0.29) is 46.8 Å². The van der Waals surface area contributed by atoms with Crippen molar-refractivity contribution in [3.05, 3.63) is 0 Å². The fourth-order valence-electron chi connectivity index (χ4n) is 13.1. The SMILES string of the molecule is CC(=O)OC[C@H]1O[C@@H](NC(=O)[C@]2(CC[C@H](C)CBr)O[C@H]3C[C@H]4[C@@H]5CC[C@@H]6C[C@@H](OC(C)=O)CC[C@]6(C)[C@H]5CC[C@]4(C)[C@H]3[C@@H]2C)[C@H](OC(C)=O)[C@@H](OC(C)=O)[C@@H]1OC(C)=O. The fraction of sp³-hybridized carbons (Fsp3) is 0.864. The van der Waals surface area contributed by atoms with Crippen molar-refractivity contribution in [3.8, 4) is 0 Å². The third-order valence-electron chi connectivity index (χ3n) is 15.6. The monoisotopic (exact) mass is 895 g/mol. The van der Waals surface area contributed by atoms with Crippen molar-refractivity contribution in [2.45, 2.75) is 175 Å². The van der Waals surface area contributed by atoms with E-state index in [0.29, 0.717) is 36.5 Å². The molecule has 17 atom stereocenters. The second-order valence-electron chi connectivity index (χ2n) is 19.2. The predicted octanol–water partition coefficient (Wildman–Crippen LogP) is 5.97. The summed E-state index contributed by atoms with van der Waals surface area (Å²) in [5, 5.41) is 3.76. The van der Waals surface area contributed by atoms with Gasteiger partial charge >= 0.3 is 29.8 Å². The molecule has 14 nitrogen and oxygen atoms in total. The summed E-state index contributed by atoms with van der Waals surface area (Å²) in [5.41, 5.74) is -1.12. The minimum atomic E-state index is -1.43. The standard InChI is InChI=1S/C44H66BrNO13/c1-22(20-45)12-17-44(41(52)46-40-39(57-28(7)51)38(56-27(6)50)37(55-26(5)49)35(58-40)21-53-24(3)47)23(2)36-34(59-44)19-33-31-11-10-29-18-30(54-25(4)48)13-15-42(29,8)32(31)14-16-43(33,36)9/h22-23,29-40H,10-21H2,1-9H3,(H,46,52)/t22-,23-,29+,30-,31+,32-,33-,34-,35+,36-,37+,38-,39+,40+,42-,43-,44+/m0/s1. The summed E-state index contributed by atoms with van der Waals surface area (Å²) in [6, 6.07) is 0. The number of rotatable bonds is 12. The summed E-state index contributed by atoms with van der Waals surface area (Å²) >= 11 is 3.62. The second kappa shape index (κ2) is 17.9. The molecule has 4 aliphatic carbocycles. The molecular formula is C44H66BrNO13. The van der Waals surface area contributed by atoms with E-state index < -0.39 is 72.6 Å². The molecule has 6 rings (SSSR count). The molecule has 6 fully saturated rings. The number of carbonyl (C=O) groups is 6. The zero-order chi connectivity index (χ0) is 43.2. The lowest BCUT2D eigenvalue weighted by Crippen LogP contribution is -2.68. The van der Waals surface area contributed by atoms with E-state index >= 15 is 4.79 Å². The summed E-state index contributed by atoms with van der Waals surface area (Å²) in [6.45, 7) is 15.0. The van der Waals surface area contributed by atoms with Crippen molar-refractivity contribution in [1.82, 2.24) is 5.32 Å². The Bertz CT molecular complexity index is 1630. The molecule has 15 heteroatoms. The van der Waals surface area contributed by atoms with Crippen molar-refractivity contribution in [2.75, 3.05) is 11.9 Å². The van der Waals surface area contributed by atoms with Crippen LogP contribution >= 0.6 is 15.9 Å². The number of ether oxygens (including phenoxy) is 7. The van der Waals surface area contributed by atoms with Gasteiger partial charge in [-0.25, -0.2) is 0 Å². The van der Waals surface area contributed by atoms with Crippen LogP contribution in [0.3, 0.4) is 0 Å². The number of carbonyl (C=O) groups excluding carboxylic acids is 6. The van der Waals surface area contributed by atoms with Gasteiger partial charge in [0.15, 0.2) is 24.5 Å². The van der Waals surface area contributed by atoms with Gasteiger partial charge < -0.3 is 38.5 Å². The molecule has 6 aliphatic rings. The van der Waals surface area contributed by atoms with Gasteiger partial charge in [-0.15, -0.1) is 0 Å². The zero-order valence-corrected chi connectivity index (χ0v) is 37.8. The van der Waals surface area contributed by atoms with E-state index in [0.717, 1.165) is 70.5 Å². The van der Waals surface area contributed by atoms with Gasteiger partial charge in [0.05, 0.1) is 6.10 Å². The Kier molecular flexibility index (Phi) is 13.9. The lowest BCUT2D eigenvalue weighted by atomic mass is 9.44. The Labute approximate surface area is 357 Å². The summed E-state index contributed by atoms with van der Waals surface area (Å²) < 4.78 is 41.4. The maximum atomic E-state index is 15.2. The molecule has 0 bridgehead atoms. The van der Waals surface area contributed by atoms with Crippen molar-refractivity contribution in [1.29, 1.82) is 0 Å². The molecule has 2 saturated heterocycles. The van der Waals surface area contributed by atoms with E-state index in [9.17, 15) is 24.0 Å². The van der Waals surface area contributed by atoms with E-state index in [1.165, 1.54) is 20.8 Å². The first kappa shape index (κ1) is 45.7. The van der Waals surface area contributed by atoms with Crippen LogP contribution in [0.25, 0.3) is 0 Å². The highest BCUT2D eigenvalue weighted by atomic mass is 79.9.